The van der Waals surface area contributed by atoms with E-state index in [1.54, 1.807) is 0 Å². The Morgan fingerprint density at radius 2 is 1.92 bits per heavy atom. The Balaban J connectivity index is 1.80. The second-order valence-corrected chi connectivity index (χ2v) is 4.57. The van der Waals surface area contributed by atoms with Gasteiger partial charge in [-0.3, -0.25) is 0 Å². The monoisotopic (exact) mass is 184 g/mol. The summed E-state index contributed by atoms with van der Waals surface area (Å²) in [4.78, 5) is 0. The number of hydrogen-bond donors (Lipinski definition) is 1. The van der Waals surface area contributed by atoms with Crippen LogP contribution in [0, 0.1) is 5.92 Å². The Labute approximate surface area is 80.3 Å². The van der Waals surface area contributed by atoms with Crippen LogP contribution in [0.5, 0.6) is 0 Å². The first-order valence-electron chi connectivity index (χ1n) is 5.58. The van der Waals surface area contributed by atoms with Crippen molar-refractivity contribution >= 4 is 0 Å². The first-order valence-corrected chi connectivity index (χ1v) is 5.58. The van der Waals surface area contributed by atoms with E-state index < -0.39 is 0 Å². The zero-order valence-corrected chi connectivity index (χ0v) is 8.46. The van der Waals surface area contributed by atoms with Crippen LogP contribution < -0.4 is 0 Å². The number of ether oxygens (including phenoxy) is 1. The van der Waals surface area contributed by atoms with E-state index in [-0.39, 0.29) is 5.60 Å². The molecule has 0 radical (unpaired) electrons. The maximum absolute atomic E-state index is 10.2. The van der Waals surface area contributed by atoms with Crippen LogP contribution in [0.4, 0.5) is 0 Å². The summed E-state index contributed by atoms with van der Waals surface area (Å²) < 4.78 is 5.47. The Morgan fingerprint density at radius 3 is 2.46 bits per heavy atom. The second kappa shape index (κ2) is 3.58. The standard InChI is InChI=1S/C11H20O2/c1-2-13-10-7-11(12,8-10)9-5-3-4-6-9/h9-10,12H,2-8H2,1H3. The summed E-state index contributed by atoms with van der Waals surface area (Å²) >= 11 is 0. The van der Waals surface area contributed by atoms with E-state index in [0.29, 0.717) is 12.0 Å². The largest absolute Gasteiger partial charge is 0.389 e. The van der Waals surface area contributed by atoms with Crippen molar-refractivity contribution in [1.29, 1.82) is 0 Å². The topological polar surface area (TPSA) is 29.5 Å². The van der Waals surface area contributed by atoms with Gasteiger partial charge in [-0.05, 0) is 25.7 Å². The fourth-order valence-electron chi connectivity index (χ4n) is 2.88. The first-order chi connectivity index (χ1) is 6.24. The highest BCUT2D eigenvalue weighted by Gasteiger charge is 2.49. The second-order valence-electron chi connectivity index (χ2n) is 4.57. The molecule has 1 N–H and O–H groups in total. The van der Waals surface area contributed by atoms with Gasteiger partial charge in [0.05, 0.1) is 11.7 Å². The van der Waals surface area contributed by atoms with Crippen molar-refractivity contribution in [2.24, 2.45) is 5.92 Å². The van der Waals surface area contributed by atoms with Crippen LogP contribution in [-0.4, -0.2) is 23.4 Å². The van der Waals surface area contributed by atoms with Crippen molar-refractivity contribution in [2.75, 3.05) is 6.61 Å². The van der Waals surface area contributed by atoms with Gasteiger partial charge in [-0.15, -0.1) is 0 Å². The summed E-state index contributed by atoms with van der Waals surface area (Å²) in [5.74, 6) is 0.573. The predicted octanol–water partition coefficient (Wildman–Crippen LogP) is 2.11. The molecule has 2 rings (SSSR count). The van der Waals surface area contributed by atoms with E-state index in [4.69, 9.17) is 4.74 Å². The Bertz CT molecular complexity index is 167. The zero-order chi connectivity index (χ0) is 9.31. The highest BCUT2D eigenvalue weighted by Crippen LogP contribution is 2.46. The Kier molecular flexibility index (Phi) is 2.61. The molecule has 2 fully saturated rings. The van der Waals surface area contributed by atoms with Crippen LogP contribution in [-0.2, 0) is 4.74 Å². The van der Waals surface area contributed by atoms with E-state index in [2.05, 4.69) is 0 Å². The molecule has 2 aliphatic carbocycles. The summed E-state index contributed by atoms with van der Waals surface area (Å²) in [7, 11) is 0. The van der Waals surface area contributed by atoms with Crippen LogP contribution in [0.25, 0.3) is 0 Å². The van der Waals surface area contributed by atoms with Crippen LogP contribution in [0.1, 0.15) is 45.4 Å². The molecule has 2 heteroatoms. The lowest BCUT2D eigenvalue weighted by Gasteiger charge is -2.47. The van der Waals surface area contributed by atoms with Crippen molar-refractivity contribution in [2.45, 2.75) is 57.2 Å². The molecule has 0 spiro atoms. The van der Waals surface area contributed by atoms with Gasteiger partial charge in [-0.25, -0.2) is 0 Å². The average Bonchev–Trinajstić information content (AvgIpc) is 2.53. The fourth-order valence-corrected chi connectivity index (χ4v) is 2.88. The molecule has 13 heavy (non-hydrogen) atoms. The molecule has 0 saturated heterocycles. The van der Waals surface area contributed by atoms with Gasteiger partial charge >= 0.3 is 0 Å². The summed E-state index contributed by atoms with van der Waals surface area (Å²) in [5, 5.41) is 10.2. The molecule has 2 saturated carbocycles. The smallest absolute Gasteiger partial charge is 0.0725 e. The molecule has 76 valence electrons. The third kappa shape index (κ3) is 1.75. The molecule has 0 heterocycles. The van der Waals surface area contributed by atoms with Crippen molar-refractivity contribution in [3.8, 4) is 0 Å². The quantitative estimate of drug-likeness (QED) is 0.728. The Hall–Kier alpha value is -0.0800. The highest BCUT2D eigenvalue weighted by atomic mass is 16.5. The predicted molar refractivity (Wildman–Crippen MR) is 51.6 cm³/mol. The summed E-state index contributed by atoms with van der Waals surface area (Å²) in [5.41, 5.74) is -0.351. The highest BCUT2D eigenvalue weighted by molar-refractivity contribution is 5.01. The van der Waals surface area contributed by atoms with Crippen molar-refractivity contribution in [1.82, 2.24) is 0 Å². The van der Waals surface area contributed by atoms with Gasteiger partial charge in [0, 0.05) is 19.4 Å². The van der Waals surface area contributed by atoms with Gasteiger partial charge in [-0.2, -0.15) is 0 Å². The SMILES string of the molecule is CCOC1CC(O)(C2CCCC2)C1. The van der Waals surface area contributed by atoms with Gasteiger partial charge in [0.2, 0.25) is 0 Å². The molecule has 2 aliphatic rings. The average molecular weight is 184 g/mol. The molecule has 0 amide bonds. The molecular weight excluding hydrogens is 164 g/mol. The van der Waals surface area contributed by atoms with Gasteiger partial charge in [0.25, 0.3) is 0 Å². The summed E-state index contributed by atoms with van der Waals surface area (Å²) in [6, 6.07) is 0. The van der Waals surface area contributed by atoms with Crippen LogP contribution in [0.2, 0.25) is 0 Å². The van der Waals surface area contributed by atoms with Crippen LogP contribution in [0.15, 0.2) is 0 Å². The molecule has 0 unspecified atom stereocenters. The lowest BCUT2D eigenvalue weighted by Crippen LogP contribution is -2.52. The van der Waals surface area contributed by atoms with E-state index in [9.17, 15) is 5.11 Å². The molecule has 0 aromatic carbocycles. The van der Waals surface area contributed by atoms with Gasteiger partial charge in [0.1, 0.15) is 0 Å². The van der Waals surface area contributed by atoms with Gasteiger partial charge in [0.15, 0.2) is 0 Å². The van der Waals surface area contributed by atoms with Crippen molar-refractivity contribution in [3.05, 3.63) is 0 Å². The normalized spacial score (nSPS) is 40.6. The third-order valence-corrected chi connectivity index (χ3v) is 3.68. The number of hydrogen-bond acceptors (Lipinski definition) is 2. The molecule has 0 aromatic heterocycles. The van der Waals surface area contributed by atoms with Crippen LogP contribution in [0.3, 0.4) is 0 Å². The van der Waals surface area contributed by atoms with E-state index >= 15 is 0 Å². The minimum Gasteiger partial charge on any atom is -0.389 e. The lowest BCUT2D eigenvalue weighted by atomic mass is 9.68. The first kappa shape index (κ1) is 9.47. The molecule has 2 nitrogen and oxygen atoms in total. The number of aliphatic hydroxyl groups is 1. The fraction of sp³-hybridized carbons (Fsp3) is 1.00. The molecular formula is C11H20O2. The molecule has 0 atom stereocenters. The molecule has 0 aliphatic heterocycles. The van der Waals surface area contributed by atoms with Crippen LogP contribution >= 0.6 is 0 Å². The van der Waals surface area contributed by atoms with Crippen molar-refractivity contribution in [3.63, 3.8) is 0 Å². The maximum Gasteiger partial charge on any atom is 0.0725 e. The van der Waals surface area contributed by atoms with E-state index in [1.165, 1.54) is 25.7 Å². The lowest BCUT2D eigenvalue weighted by molar-refractivity contribution is -0.165. The summed E-state index contributed by atoms with van der Waals surface area (Å²) in [6.07, 6.45) is 7.19. The molecule has 0 bridgehead atoms. The molecule has 0 aromatic rings. The van der Waals surface area contributed by atoms with Gasteiger partial charge in [-0.1, -0.05) is 12.8 Å². The summed E-state index contributed by atoms with van der Waals surface area (Å²) in [6.45, 7) is 2.80. The van der Waals surface area contributed by atoms with E-state index in [0.717, 1.165) is 19.4 Å². The van der Waals surface area contributed by atoms with E-state index in [1.807, 2.05) is 6.92 Å². The minimum atomic E-state index is -0.351. The minimum absolute atomic E-state index is 0.343. The van der Waals surface area contributed by atoms with Gasteiger partial charge < -0.3 is 9.84 Å². The third-order valence-electron chi connectivity index (χ3n) is 3.68. The van der Waals surface area contributed by atoms with Crippen molar-refractivity contribution < 1.29 is 9.84 Å². The Morgan fingerprint density at radius 1 is 1.31 bits per heavy atom. The zero-order valence-electron chi connectivity index (χ0n) is 8.46. The number of rotatable bonds is 3. The maximum atomic E-state index is 10.2.